The highest BCUT2D eigenvalue weighted by atomic mass is 79.9. The van der Waals surface area contributed by atoms with Gasteiger partial charge in [-0.25, -0.2) is 0 Å². The van der Waals surface area contributed by atoms with Crippen molar-refractivity contribution in [3.05, 3.63) is 22.6 Å². The summed E-state index contributed by atoms with van der Waals surface area (Å²) in [6.45, 7) is 4.53. The summed E-state index contributed by atoms with van der Waals surface area (Å²) < 4.78 is 11.9. The second-order valence-electron chi connectivity index (χ2n) is 5.97. The van der Waals surface area contributed by atoms with Crippen LogP contribution in [-0.2, 0) is 4.74 Å². The second kappa shape index (κ2) is 4.99. The SMILES string of the molecule is COC1(C(O)c2occc2Br)CCC(C)(C)CC1. The van der Waals surface area contributed by atoms with Gasteiger partial charge in [-0.15, -0.1) is 0 Å². The van der Waals surface area contributed by atoms with E-state index in [1.807, 2.05) is 0 Å². The maximum absolute atomic E-state index is 10.6. The largest absolute Gasteiger partial charge is 0.465 e. The number of halogens is 1. The van der Waals surface area contributed by atoms with E-state index in [4.69, 9.17) is 9.15 Å². The molecule has 1 saturated carbocycles. The molecule has 1 unspecified atom stereocenters. The van der Waals surface area contributed by atoms with E-state index in [-0.39, 0.29) is 0 Å². The minimum absolute atomic E-state index is 0.335. The number of rotatable bonds is 3. The molecule has 1 aromatic heterocycles. The first-order valence-electron chi connectivity index (χ1n) is 6.36. The summed E-state index contributed by atoms with van der Waals surface area (Å²) in [5.41, 5.74) is -0.183. The Labute approximate surface area is 117 Å². The smallest absolute Gasteiger partial charge is 0.149 e. The molecule has 2 rings (SSSR count). The zero-order valence-electron chi connectivity index (χ0n) is 11.2. The summed E-state index contributed by atoms with van der Waals surface area (Å²) in [4.78, 5) is 0. The van der Waals surface area contributed by atoms with E-state index < -0.39 is 11.7 Å². The molecule has 102 valence electrons. The molecule has 1 aliphatic carbocycles. The van der Waals surface area contributed by atoms with Crippen LogP contribution in [0.2, 0.25) is 0 Å². The van der Waals surface area contributed by atoms with Gasteiger partial charge < -0.3 is 14.3 Å². The lowest BCUT2D eigenvalue weighted by Gasteiger charge is -2.44. The fourth-order valence-corrected chi connectivity index (χ4v) is 3.10. The maximum Gasteiger partial charge on any atom is 0.149 e. The van der Waals surface area contributed by atoms with Gasteiger partial charge in [0.05, 0.1) is 10.7 Å². The summed E-state index contributed by atoms with van der Waals surface area (Å²) >= 11 is 3.40. The molecule has 0 saturated heterocycles. The highest BCUT2D eigenvalue weighted by Gasteiger charge is 2.46. The molecule has 1 N–H and O–H groups in total. The molecule has 0 aromatic carbocycles. The molecule has 0 radical (unpaired) electrons. The van der Waals surface area contributed by atoms with E-state index >= 15 is 0 Å². The van der Waals surface area contributed by atoms with E-state index in [1.165, 1.54) is 0 Å². The Morgan fingerprint density at radius 3 is 2.39 bits per heavy atom. The van der Waals surface area contributed by atoms with Crippen LogP contribution in [0.25, 0.3) is 0 Å². The zero-order chi connectivity index (χ0) is 13.4. The van der Waals surface area contributed by atoms with Crippen molar-refractivity contribution < 1.29 is 14.3 Å². The van der Waals surface area contributed by atoms with E-state index in [2.05, 4.69) is 29.8 Å². The predicted molar refractivity (Wildman–Crippen MR) is 73.4 cm³/mol. The molecule has 18 heavy (non-hydrogen) atoms. The van der Waals surface area contributed by atoms with Crippen LogP contribution < -0.4 is 0 Å². The van der Waals surface area contributed by atoms with Crippen LogP contribution in [-0.4, -0.2) is 17.8 Å². The van der Waals surface area contributed by atoms with E-state index in [1.54, 1.807) is 19.4 Å². The highest BCUT2D eigenvalue weighted by molar-refractivity contribution is 9.10. The number of furan rings is 1. The summed E-state index contributed by atoms with van der Waals surface area (Å²) in [6, 6.07) is 1.80. The molecule has 1 fully saturated rings. The predicted octanol–water partition coefficient (Wildman–Crippen LogP) is 4.06. The Bertz CT molecular complexity index is 401. The second-order valence-corrected chi connectivity index (χ2v) is 6.82. The van der Waals surface area contributed by atoms with Crippen LogP contribution in [0.5, 0.6) is 0 Å². The van der Waals surface area contributed by atoms with Crippen molar-refractivity contribution in [2.75, 3.05) is 7.11 Å². The molecule has 0 aliphatic heterocycles. The number of hydrogen-bond donors (Lipinski definition) is 1. The van der Waals surface area contributed by atoms with Gasteiger partial charge in [0.1, 0.15) is 17.5 Å². The van der Waals surface area contributed by atoms with Crippen molar-refractivity contribution in [3.63, 3.8) is 0 Å². The third kappa shape index (κ3) is 2.51. The Kier molecular flexibility index (Phi) is 3.90. The lowest BCUT2D eigenvalue weighted by atomic mass is 9.68. The molecule has 1 aromatic rings. The van der Waals surface area contributed by atoms with Crippen LogP contribution in [0.4, 0.5) is 0 Å². The van der Waals surface area contributed by atoms with E-state index in [9.17, 15) is 5.11 Å². The number of aliphatic hydroxyl groups excluding tert-OH is 1. The maximum atomic E-state index is 10.6. The Hall–Kier alpha value is -0.320. The number of methoxy groups -OCH3 is 1. The van der Waals surface area contributed by atoms with E-state index in [0.29, 0.717) is 11.2 Å². The van der Waals surface area contributed by atoms with Gasteiger partial charge in [0.15, 0.2) is 0 Å². The van der Waals surface area contributed by atoms with E-state index in [0.717, 1.165) is 30.2 Å². The normalized spacial score (nSPS) is 23.8. The van der Waals surface area contributed by atoms with Crippen LogP contribution in [0.3, 0.4) is 0 Å². The molecular formula is C14H21BrO3. The van der Waals surface area contributed by atoms with Gasteiger partial charge >= 0.3 is 0 Å². The van der Waals surface area contributed by atoms with Crippen LogP contribution in [0, 0.1) is 5.41 Å². The van der Waals surface area contributed by atoms with Crippen molar-refractivity contribution in [3.8, 4) is 0 Å². The van der Waals surface area contributed by atoms with Gasteiger partial charge in [-0.3, -0.25) is 0 Å². The number of aliphatic hydroxyl groups is 1. The molecule has 0 spiro atoms. The standard InChI is InChI=1S/C14H21BrO3/c1-13(2)5-7-14(17-3,8-6-13)12(16)11-10(15)4-9-18-11/h4,9,12,16H,5-8H2,1-3H3. The summed E-state index contributed by atoms with van der Waals surface area (Å²) in [5.74, 6) is 0.566. The third-order valence-corrected chi connectivity index (χ3v) is 4.90. The lowest BCUT2D eigenvalue weighted by molar-refractivity contribution is -0.144. The van der Waals surface area contributed by atoms with Crippen molar-refractivity contribution in [2.45, 2.75) is 51.2 Å². The van der Waals surface area contributed by atoms with Crippen LogP contribution >= 0.6 is 15.9 Å². The van der Waals surface area contributed by atoms with Gasteiger partial charge in [-0.1, -0.05) is 13.8 Å². The topological polar surface area (TPSA) is 42.6 Å². The van der Waals surface area contributed by atoms with Gasteiger partial charge in [-0.05, 0) is 53.1 Å². The van der Waals surface area contributed by atoms with Crippen molar-refractivity contribution in [2.24, 2.45) is 5.41 Å². The first-order valence-corrected chi connectivity index (χ1v) is 7.16. The minimum Gasteiger partial charge on any atom is -0.465 e. The first kappa shape index (κ1) is 14.1. The molecule has 1 heterocycles. The summed E-state index contributed by atoms with van der Waals surface area (Å²) in [6.07, 6.45) is 4.67. The van der Waals surface area contributed by atoms with Crippen molar-refractivity contribution in [1.82, 2.24) is 0 Å². The number of hydrogen-bond acceptors (Lipinski definition) is 3. The van der Waals surface area contributed by atoms with Crippen molar-refractivity contribution in [1.29, 1.82) is 0 Å². The minimum atomic E-state index is -0.719. The molecule has 0 bridgehead atoms. The molecular weight excluding hydrogens is 296 g/mol. The Morgan fingerprint density at radius 1 is 1.33 bits per heavy atom. The zero-order valence-corrected chi connectivity index (χ0v) is 12.8. The van der Waals surface area contributed by atoms with Gasteiger partial charge in [0, 0.05) is 7.11 Å². The average Bonchev–Trinajstić information content (AvgIpc) is 2.75. The third-order valence-electron chi connectivity index (χ3n) is 4.25. The van der Waals surface area contributed by atoms with Gasteiger partial charge in [0.2, 0.25) is 0 Å². The fraction of sp³-hybridized carbons (Fsp3) is 0.714. The average molecular weight is 317 g/mol. The Morgan fingerprint density at radius 2 is 1.94 bits per heavy atom. The summed E-state index contributed by atoms with van der Waals surface area (Å²) in [5, 5.41) is 10.6. The van der Waals surface area contributed by atoms with Gasteiger partial charge in [0.25, 0.3) is 0 Å². The summed E-state index contributed by atoms with van der Waals surface area (Å²) in [7, 11) is 1.68. The monoisotopic (exact) mass is 316 g/mol. The van der Waals surface area contributed by atoms with Crippen molar-refractivity contribution >= 4 is 15.9 Å². The van der Waals surface area contributed by atoms with Gasteiger partial charge in [-0.2, -0.15) is 0 Å². The Balaban J connectivity index is 2.21. The highest BCUT2D eigenvalue weighted by Crippen LogP contribution is 2.48. The first-order chi connectivity index (χ1) is 8.40. The molecule has 3 nitrogen and oxygen atoms in total. The molecule has 1 aliphatic rings. The van der Waals surface area contributed by atoms with Crippen LogP contribution in [0.15, 0.2) is 21.2 Å². The number of ether oxygens (including phenoxy) is 1. The quantitative estimate of drug-likeness (QED) is 0.914. The lowest BCUT2D eigenvalue weighted by Crippen LogP contribution is -2.43. The molecule has 1 atom stereocenters. The molecule has 4 heteroatoms. The fourth-order valence-electron chi connectivity index (χ4n) is 2.68. The molecule has 0 amide bonds. The van der Waals surface area contributed by atoms with Crippen LogP contribution in [0.1, 0.15) is 51.4 Å².